The molecule has 154 valence electrons. The Hall–Kier alpha value is -2.71. The number of thioether (sulfide) groups is 1. The normalized spacial score (nSPS) is 12.5. The predicted molar refractivity (Wildman–Crippen MR) is 122 cm³/mol. The number of hydrogen-bond acceptors (Lipinski definition) is 7. The molecule has 1 atom stereocenters. The van der Waals surface area contributed by atoms with Crippen molar-refractivity contribution in [2.24, 2.45) is 0 Å². The minimum Gasteiger partial charge on any atom is -0.338 e. The predicted octanol–water partition coefficient (Wildman–Crippen LogP) is 5.67. The molecule has 3 heterocycles. The number of fused-ring (bicyclic) bond motifs is 1. The maximum absolute atomic E-state index is 13.4. The molecule has 0 saturated carbocycles. The smallest absolute Gasteiger partial charge is 0.263 e. The standard InChI is InChI=1S/C22H22N4O2S2/c1-5-11-26-21(27)17-16(15-9-7-6-8-10-15)12-29-20(17)24-22(26)30-14(4)19-23-18(13(2)3)25-28-19/h5-10,12-14H,1,11H2,2-4H3. The van der Waals surface area contributed by atoms with Gasteiger partial charge in [0.05, 0.1) is 10.6 Å². The van der Waals surface area contributed by atoms with Crippen molar-refractivity contribution in [1.82, 2.24) is 19.7 Å². The highest BCUT2D eigenvalue weighted by molar-refractivity contribution is 7.99. The number of aromatic nitrogens is 4. The Morgan fingerprint density at radius 3 is 2.67 bits per heavy atom. The Morgan fingerprint density at radius 2 is 2.00 bits per heavy atom. The summed E-state index contributed by atoms with van der Waals surface area (Å²) in [5.74, 6) is 1.39. The molecule has 6 nitrogen and oxygen atoms in total. The van der Waals surface area contributed by atoms with Gasteiger partial charge in [-0.25, -0.2) is 4.98 Å². The first kappa shape index (κ1) is 20.6. The maximum atomic E-state index is 13.4. The molecule has 8 heteroatoms. The van der Waals surface area contributed by atoms with Crippen molar-refractivity contribution < 1.29 is 4.52 Å². The molecule has 0 radical (unpaired) electrons. The van der Waals surface area contributed by atoms with E-state index in [4.69, 9.17) is 9.51 Å². The zero-order valence-electron chi connectivity index (χ0n) is 17.0. The molecule has 0 amide bonds. The number of nitrogens with zero attached hydrogens (tertiary/aromatic N) is 4. The van der Waals surface area contributed by atoms with Gasteiger partial charge in [0.1, 0.15) is 4.83 Å². The quantitative estimate of drug-likeness (QED) is 0.210. The molecule has 1 aromatic carbocycles. The van der Waals surface area contributed by atoms with Gasteiger partial charge >= 0.3 is 0 Å². The molecule has 1 unspecified atom stereocenters. The fourth-order valence-corrected chi connectivity index (χ4v) is 5.01. The molecule has 0 aliphatic carbocycles. The topological polar surface area (TPSA) is 73.8 Å². The molecule has 0 spiro atoms. The van der Waals surface area contributed by atoms with Crippen LogP contribution in [0, 0.1) is 0 Å². The molecular weight excluding hydrogens is 416 g/mol. The van der Waals surface area contributed by atoms with Crippen molar-refractivity contribution in [1.29, 1.82) is 0 Å². The highest BCUT2D eigenvalue weighted by atomic mass is 32.2. The van der Waals surface area contributed by atoms with E-state index in [1.807, 2.05) is 56.5 Å². The van der Waals surface area contributed by atoms with E-state index in [0.717, 1.165) is 16.0 Å². The van der Waals surface area contributed by atoms with E-state index in [1.54, 1.807) is 10.6 Å². The summed E-state index contributed by atoms with van der Waals surface area (Å²) in [6.07, 6.45) is 1.71. The molecule has 0 N–H and O–H groups in total. The highest BCUT2D eigenvalue weighted by Crippen LogP contribution is 2.36. The van der Waals surface area contributed by atoms with Crippen LogP contribution in [-0.2, 0) is 6.54 Å². The number of hydrogen-bond donors (Lipinski definition) is 0. The van der Waals surface area contributed by atoms with Crippen LogP contribution in [-0.4, -0.2) is 19.7 Å². The third-order valence-electron chi connectivity index (χ3n) is 4.66. The van der Waals surface area contributed by atoms with Gasteiger partial charge in [0.25, 0.3) is 5.56 Å². The lowest BCUT2D eigenvalue weighted by atomic mass is 10.1. The lowest BCUT2D eigenvalue weighted by molar-refractivity contribution is 0.372. The van der Waals surface area contributed by atoms with Crippen LogP contribution in [0.1, 0.15) is 43.7 Å². The van der Waals surface area contributed by atoms with Gasteiger partial charge in [-0.3, -0.25) is 9.36 Å². The van der Waals surface area contributed by atoms with Gasteiger partial charge in [-0.05, 0) is 12.5 Å². The van der Waals surface area contributed by atoms with Gasteiger partial charge in [-0.2, -0.15) is 4.98 Å². The first-order chi connectivity index (χ1) is 14.5. The summed E-state index contributed by atoms with van der Waals surface area (Å²) in [7, 11) is 0. The molecule has 30 heavy (non-hydrogen) atoms. The first-order valence-corrected chi connectivity index (χ1v) is 11.4. The highest BCUT2D eigenvalue weighted by Gasteiger charge is 2.22. The third kappa shape index (κ3) is 3.85. The Bertz CT molecular complexity index is 1240. The molecule has 0 aliphatic rings. The van der Waals surface area contributed by atoms with Crippen LogP contribution >= 0.6 is 23.1 Å². The lowest BCUT2D eigenvalue weighted by Crippen LogP contribution is -2.22. The second-order valence-corrected chi connectivity index (χ2v) is 9.37. The Morgan fingerprint density at radius 1 is 1.23 bits per heavy atom. The number of thiophene rings is 1. The Balaban J connectivity index is 1.77. The van der Waals surface area contributed by atoms with Crippen LogP contribution in [0.2, 0.25) is 0 Å². The lowest BCUT2D eigenvalue weighted by Gasteiger charge is -2.12. The van der Waals surface area contributed by atoms with E-state index >= 15 is 0 Å². The summed E-state index contributed by atoms with van der Waals surface area (Å²) < 4.78 is 7.09. The summed E-state index contributed by atoms with van der Waals surface area (Å²) >= 11 is 2.92. The van der Waals surface area contributed by atoms with E-state index < -0.39 is 0 Å². The van der Waals surface area contributed by atoms with Crippen molar-refractivity contribution in [3.8, 4) is 11.1 Å². The summed E-state index contributed by atoms with van der Waals surface area (Å²) in [6, 6.07) is 9.91. The fourth-order valence-electron chi connectivity index (χ4n) is 3.07. The SMILES string of the molecule is C=CCn1c(SC(C)c2nc(C(C)C)no2)nc2scc(-c3ccccc3)c2c1=O. The van der Waals surface area contributed by atoms with Gasteiger partial charge in [0.2, 0.25) is 5.89 Å². The average molecular weight is 439 g/mol. The summed E-state index contributed by atoms with van der Waals surface area (Å²) in [6.45, 7) is 10.2. The second-order valence-electron chi connectivity index (χ2n) is 7.20. The fraction of sp³-hybridized carbons (Fsp3) is 0.273. The first-order valence-electron chi connectivity index (χ1n) is 9.68. The van der Waals surface area contributed by atoms with Gasteiger partial charge < -0.3 is 4.52 Å². The zero-order valence-corrected chi connectivity index (χ0v) is 18.7. The Kier molecular flexibility index (Phi) is 5.87. The minimum atomic E-state index is -0.140. The van der Waals surface area contributed by atoms with Crippen molar-refractivity contribution >= 4 is 33.3 Å². The molecule has 0 aliphatic heterocycles. The van der Waals surface area contributed by atoms with Crippen molar-refractivity contribution in [2.45, 2.75) is 43.6 Å². The van der Waals surface area contributed by atoms with Crippen LogP contribution < -0.4 is 5.56 Å². The van der Waals surface area contributed by atoms with Crippen LogP contribution in [0.5, 0.6) is 0 Å². The number of allylic oxidation sites excluding steroid dienone is 1. The summed E-state index contributed by atoms with van der Waals surface area (Å²) in [5, 5.41) is 7.16. The van der Waals surface area contributed by atoms with Crippen molar-refractivity contribution in [2.75, 3.05) is 0 Å². The van der Waals surface area contributed by atoms with Crippen molar-refractivity contribution in [3.63, 3.8) is 0 Å². The molecule has 0 saturated heterocycles. The molecule has 0 bridgehead atoms. The molecule has 0 fully saturated rings. The molecular formula is C22H22N4O2S2. The minimum absolute atomic E-state index is 0.0666. The van der Waals surface area contributed by atoms with E-state index in [9.17, 15) is 4.79 Å². The van der Waals surface area contributed by atoms with E-state index in [0.29, 0.717) is 28.8 Å². The van der Waals surface area contributed by atoms with E-state index in [1.165, 1.54) is 23.1 Å². The number of rotatable bonds is 7. The second kappa shape index (κ2) is 8.57. The van der Waals surface area contributed by atoms with Gasteiger partial charge in [-0.15, -0.1) is 17.9 Å². The van der Waals surface area contributed by atoms with Crippen LogP contribution in [0.25, 0.3) is 21.3 Å². The molecule has 4 aromatic rings. The van der Waals surface area contributed by atoms with Crippen LogP contribution in [0.4, 0.5) is 0 Å². The average Bonchev–Trinajstić information content (AvgIpc) is 3.39. The maximum Gasteiger partial charge on any atom is 0.263 e. The van der Waals surface area contributed by atoms with Gasteiger partial charge in [-0.1, -0.05) is 67.2 Å². The Labute approximate surface area is 182 Å². The summed E-state index contributed by atoms with van der Waals surface area (Å²) in [5.41, 5.74) is 1.85. The van der Waals surface area contributed by atoms with E-state index in [-0.39, 0.29) is 16.7 Å². The zero-order chi connectivity index (χ0) is 21.3. The van der Waals surface area contributed by atoms with Gasteiger partial charge in [0.15, 0.2) is 11.0 Å². The number of benzene rings is 1. The van der Waals surface area contributed by atoms with Gasteiger partial charge in [0, 0.05) is 23.4 Å². The molecule has 3 aromatic heterocycles. The molecule has 4 rings (SSSR count). The third-order valence-corrected chi connectivity index (χ3v) is 6.61. The summed E-state index contributed by atoms with van der Waals surface area (Å²) in [4.78, 5) is 23.4. The monoisotopic (exact) mass is 438 g/mol. The van der Waals surface area contributed by atoms with Crippen LogP contribution in [0.15, 0.2) is 62.8 Å². The van der Waals surface area contributed by atoms with E-state index in [2.05, 4.69) is 16.7 Å². The van der Waals surface area contributed by atoms with Crippen LogP contribution in [0.3, 0.4) is 0 Å². The van der Waals surface area contributed by atoms with Crippen molar-refractivity contribution in [3.05, 3.63) is 70.4 Å². The largest absolute Gasteiger partial charge is 0.338 e.